The van der Waals surface area contributed by atoms with Crippen molar-refractivity contribution in [1.29, 1.82) is 0 Å². The molecule has 0 aromatic carbocycles. The van der Waals surface area contributed by atoms with E-state index in [1.807, 2.05) is 0 Å². The highest BCUT2D eigenvalue weighted by molar-refractivity contribution is 7.85. The minimum absolute atomic E-state index is 0.0441. The predicted molar refractivity (Wildman–Crippen MR) is 73.6 cm³/mol. The van der Waals surface area contributed by atoms with Crippen LogP contribution in [-0.4, -0.2) is 51.8 Å². The van der Waals surface area contributed by atoms with Gasteiger partial charge in [-0.25, -0.2) is 4.57 Å². The van der Waals surface area contributed by atoms with E-state index in [-0.39, 0.29) is 24.7 Å². The summed E-state index contributed by atoms with van der Waals surface area (Å²) in [7, 11) is -4.35. The summed E-state index contributed by atoms with van der Waals surface area (Å²) >= 11 is 0. The van der Waals surface area contributed by atoms with Gasteiger partial charge in [-0.3, -0.25) is 22.0 Å². The van der Waals surface area contributed by atoms with Crippen LogP contribution in [0.1, 0.15) is 13.8 Å². The largest absolute Gasteiger partial charge is 0.474 e. The summed E-state index contributed by atoms with van der Waals surface area (Å²) < 4.78 is 48.8. The molecule has 0 bridgehead atoms. The lowest BCUT2D eigenvalue weighted by molar-refractivity contribution is 0.143. The summed E-state index contributed by atoms with van der Waals surface area (Å²) in [4.78, 5) is 0. The zero-order valence-corrected chi connectivity index (χ0v) is 13.5. The molecular weight excluding hydrogens is 299 g/mol. The highest BCUT2D eigenvalue weighted by Crippen LogP contribution is 2.48. The molecular formula is C9H21O6PS2. The fourth-order valence-electron chi connectivity index (χ4n) is 0.915. The first kappa shape index (κ1) is 18.4. The molecule has 2 atom stereocenters. The Balaban J connectivity index is 3.99. The first-order valence-electron chi connectivity index (χ1n) is 5.62. The Bertz CT molecular complexity index is 296. The van der Waals surface area contributed by atoms with E-state index < -0.39 is 29.4 Å². The summed E-state index contributed by atoms with van der Waals surface area (Å²) in [6, 6.07) is 0. The van der Waals surface area contributed by atoms with E-state index in [9.17, 15) is 13.0 Å². The summed E-state index contributed by atoms with van der Waals surface area (Å²) in [6.07, 6.45) is 0. The molecule has 0 saturated heterocycles. The van der Waals surface area contributed by atoms with Crippen molar-refractivity contribution < 1.29 is 26.6 Å². The van der Waals surface area contributed by atoms with Crippen LogP contribution < -0.4 is 0 Å². The quantitative estimate of drug-likeness (QED) is 0.534. The second-order valence-corrected chi connectivity index (χ2v) is 8.67. The van der Waals surface area contributed by atoms with E-state index in [1.165, 1.54) is 7.11 Å². The van der Waals surface area contributed by atoms with Crippen LogP contribution in [0.5, 0.6) is 0 Å². The number of hydrogen-bond donors (Lipinski definition) is 0. The Kier molecular flexibility index (Phi) is 10.5. The minimum atomic E-state index is -3.60. The van der Waals surface area contributed by atoms with Crippen molar-refractivity contribution in [3.05, 3.63) is 0 Å². The summed E-state index contributed by atoms with van der Waals surface area (Å²) in [5.74, 6) is 1.62. The fourth-order valence-corrected chi connectivity index (χ4v) is 3.19. The van der Waals surface area contributed by atoms with Gasteiger partial charge in [0.2, 0.25) is 0 Å². The van der Waals surface area contributed by atoms with Gasteiger partial charge in [-0.05, 0) is 0 Å². The zero-order valence-electron chi connectivity index (χ0n) is 11.0. The highest BCUT2D eigenvalue weighted by Gasteiger charge is 2.24. The van der Waals surface area contributed by atoms with Gasteiger partial charge in [0, 0.05) is 51.7 Å². The Morgan fingerprint density at radius 3 is 1.61 bits per heavy atom. The molecule has 110 valence electrons. The SMILES string of the molecule is CCS(=O)CCOP(=O)(OC)OCCS(=O)CC. The van der Waals surface area contributed by atoms with Gasteiger partial charge in [0.15, 0.2) is 0 Å². The predicted octanol–water partition coefficient (Wildman–Crippen LogP) is 1.31. The first-order valence-corrected chi connectivity index (χ1v) is 10.1. The minimum Gasteiger partial charge on any atom is -0.290 e. The van der Waals surface area contributed by atoms with Gasteiger partial charge in [-0.1, -0.05) is 13.8 Å². The van der Waals surface area contributed by atoms with Crippen LogP contribution in [0, 0.1) is 0 Å². The van der Waals surface area contributed by atoms with E-state index in [0.29, 0.717) is 11.5 Å². The standard InChI is InChI=1S/C9H21O6PS2/c1-4-17(11)8-6-14-16(10,13-3)15-7-9-18(12)5-2/h4-9H2,1-3H3. The van der Waals surface area contributed by atoms with E-state index in [1.54, 1.807) is 13.8 Å². The lowest BCUT2D eigenvalue weighted by Gasteiger charge is -2.15. The second-order valence-electron chi connectivity index (χ2n) is 3.16. The lowest BCUT2D eigenvalue weighted by Crippen LogP contribution is -2.11. The average Bonchev–Trinajstić information content (AvgIpc) is 2.38. The topological polar surface area (TPSA) is 78.9 Å². The molecule has 0 saturated carbocycles. The molecule has 0 fully saturated rings. The molecule has 0 amide bonds. The van der Waals surface area contributed by atoms with E-state index in [4.69, 9.17) is 9.05 Å². The zero-order chi connectivity index (χ0) is 14.0. The molecule has 0 aliphatic rings. The molecule has 0 rings (SSSR count). The van der Waals surface area contributed by atoms with E-state index in [2.05, 4.69) is 4.52 Å². The molecule has 0 aromatic rings. The molecule has 0 aliphatic heterocycles. The molecule has 0 N–H and O–H groups in total. The third kappa shape index (κ3) is 8.50. The summed E-state index contributed by atoms with van der Waals surface area (Å²) in [5, 5.41) is 0. The second kappa shape index (κ2) is 10.2. The van der Waals surface area contributed by atoms with Crippen molar-refractivity contribution in [2.45, 2.75) is 13.8 Å². The van der Waals surface area contributed by atoms with Crippen LogP contribution in [0.15, 0.2) is 0 Å². The van der Waals surface area contributed by atoms with Crippen molar-refractivity contribution in [2.75, 3.05) is 43.3 Å². The molecule has 0 spiro atoms. The summed E-state index contributed by atoms with van der Waals surface area (Å²) in [6.45, 7) is 3.68. The summed E-state index contributed by atoms with van der Waals surface area (Å²) in [5.41, 5.74) is 0. The molecule has 6 nitrogen and oxygen atoms in total. The van der Waals surface area contributed by atoms with Gasteiger partial charge in [0.05, 0.1) is 13.2 Å². The number of phosphoric ester groups is 1. The van der Waals surface area contributed by atoms with Gasteiger partial charge in [0.1, 0.15) is 0 Å². The van der Waals surface area contributed by atoms with Gasteiger partial charge in [-0.15, -0.1) is 0 Å². The maximum absolute atomic E-state index is 11.9. The Morgan fingerprint density at radius 2 is 1.33 bits per heavy atom. The Hall–Kier alpha value is 0.410. The number of phosphoric acid groups is 1. The molecule has 18 heavy (non-hydrogen) atoms. The van der Waals surface area contributed by atoms with Crippen LogP contribution in [0.25, 0.3) is 0 Å². The third-order valence-corrected chi connectivity index (χ3v) is 5.97. The smallest absolute Gasteiger partial charge is 0.290 e. The normalized spacial score (nSPS) is 18.2. The Morgan fingerprint density at radius 1 is 0.944 bits per heavy atom. The maximum atomic E-state index is 11.9. The number of hydrogen-bond acceptors (Lipinski definition) is 6. The van der Waals surface area contributed by atoms with E-state index in [0.717, 1.165) is 0 Å². The van der Waals surface area contributed by atoms with Crippen LogP contribution in [-0.2, 0) is 39.7 Å². The molecule has 0 aliphatic carbocycles. The van der Waals surface area contributed by atoms with Crippen molar-refractivity contribution in [2.24, 2.45) is 0 Å². The Labute approximate surface area is 113 Å². The van der Waals surface area contributed by atoms with Crippen LogP contribution in [0.2, 0.25) is 0 Å². The van der Waals surface area contributed by atoms with Gasteiger partial charge in [-0.2, -0.15) is 0 Å². The van der Waals surface area contributed by atoms with Crippen LogP contribution in [0.3, 0.4) is 0 Å². The average molecular weight is 320 g/mol. The molecule has 0 radical (unpaired) electrons. The molecule has 0 heterocycles. The van der Waals surface area contributed by atoms with Crippen LogP contribution in [0.4, 0.5) is 0 Å². The fraction of sp³-hybridized carbons (Fsp3) is 1.00. The van der Waals surface area contributed by atoms with Crippen molar-refractivity contribution in [3.63, 3.8) is 0 Å². The molecule has 9 heteroatoms. The number of rotatable bonds is 11. The van der Waals surface area contributed by atoms with Crippen molar-refractivity contribution in [3.8, 4) is 0 Å². The van der Waals surface area contributed by atoms with Gasteiger partial charge in [0.25, 0.3) is 0 Å². The molecule has 0 aromatic heterocycles. The first-order chi connectivity index (χ1) is 8.47. The van der Waals surface area contributed by atoms with Gasteiger partial charge < -0.3 is 0 Å². The van der Waals surface area contributed by atoms with Crippen molar-refractivity contribution >= 4 is 29.4 Å². The molecule has 2 unspecified atom stereocenters. The highest BCUT2D eigenvalue weighted by atomic mass is 32.2. The van der Waals surface area contributed by atoms with Crippen molar-refractivity contribution in [1.82, 2.24) is 0 Å². The maximum Gasteiger partial charge on any atom is 0.474 e. The van der Waals surface area contributed by atoms with E-state index >= 15 is 0 Å². The third-order valence-electron chi connectivity index (χ3n) is 1.99. The monoisotopic (exact) mass is 320 g/mol. The van der Waals surface area contributed by atoms with Gasteiger partial charge >= 0.3 is 7.82 Å². The lowest BCUT2D eigenvalue weighted by atomic mass is 10.9. The van der Waals surface area contributed by atoms with Crippen LogP contribution >= 0.6 is 7.82 Å².